The second-order valence-corrected chi connectivity index (χ2v) is 8.70. The molecule has 2 atom stereocenters. The van der Waals surface area contributed by atoms with Crippen molar-refractivity contribution in [3.05, 3.63) is 20.5 Å². The van der Waals surface area contributed by atoms with E-state index in [2.05, 4.69) is 0 Å². The molecular formula is C11H15ClN2O5S2. The van der Waals surface area contributed by atoms with E-state index in [-0.39, 0.29) is 32.8 Å². The highest BCUT2D eigenvalue weighted by Crippen LogP contribution is 2.38. The summed E-state index contributed by atoms with van der Waals surface area (Å²) in [6, 6.07) is 1.02. The zero-order valence-electron chi connectivity index (χ0n) is 11.5. The molecule has 1 aliphatic rings. The fourth-order valence-electron chi connectivity index (χ4n) is 2.25. The predicted octanol–water partition coefficient (Wildman–Crippen LogP) is 2.36. The van der Waals surface area contributed by atoms with Crippen molar-refractivity contribution in [3.8, 4) is 0 Å². The highest BCUT2D eigenvalue weighted by Gasteiger charge is 2.36. The topological polar surface area (TPSA) is 89.8 Å². The van der Waals surface area contributed by atoms with E-state index >= 15 is 0 Å². The minimum Gasteiger partial charge on any atom is -0.380 e. The first-order chi connectivity index (χ1) is 9.77. The van der Waals surface area contributed by atoms with Gasteiger partial charge in [0.2, 0.25) is 0 Å². The molecule has 2 heterocycles. The molecule has 1 aromatic rings. The fourth-order valence-corrected chi connectivity index (χ4v) is 5.53. The standard InChI is InChI=1S/C11H15ClN2O5S2/c1-7-3-4-13(6-9(7)19-2)21(17,18)10-5-8(14(15)16)11(12)20-10/h5,7,9H,3-4,6H2,1-2H3. The van der Waals surface area contributed by atoms with Crippen LogP contribution in [0.4, 0.5) is 5.69 Å². The molecule has 1 saturated heterocycles. The van der Waals surface area contributed by atoms with Crippen LogP contribution in [0.2, 0.25) is 4.34 Å². The lowest BCUT2D eigenvalue weighted by atomic mass is 9.97. The molecule has 21 heavy (non-hydrogen) atoms. The third-order valence-electron chi connectivity index (χ3n) is 3.59. The van der Waals surface area contributed by atoms with Gasteiger partial charge in [-0.2, -0.15) is 4.31 Å². The average molecular weight is 355 g/mol. The summed E-state index contributed by atoms with van der Waals surface area (Å²) in [5.74, 6) is 0.266. The number of rotatable bonds is 4. The van der Waals surface area contributed by atoms with Gasteiger partial charge in [-0.1, -0.05) is 18.5 Å². The summed E-state index contributed by atoms with van der Waals surface area (Å²) in [5.41, 5.74) is -0.381. The van der Waals surface area contributed by atoms with E-state index in [0.29, 0.717) is 24.3 Å². The van der Waals surface area contributed by atoms with Crippen LogP contribution in [0.15, 0.2) is 10.3 Å². The van der Waals surface area contributed by atoms with Crippen LogP contribution in [0.1, 0.15) is 13.3 Å². The van der Waals surface area contributed by atoms with Gasteiger partial charge in [0.05, 0.1) is 11.0 Å². The van der Waals surface area contributed by atoms with Crippen molar-refractivity contribution in [1.29, 1.82) is 0 Å². The second kappa shape index (κ2) is 6.17. The number of nitro groups is 1. The van der Waals surface area contributed by atoms with E-state index in [1.165, 1.54) is 4.31 Å². The molecule has 0 saturated carbocycles. The van der Waals surface area contributed by atoms with Crippen LogP contribution in [0.25, 0.3) is 0 Å². The molecule has 0 amide bonds. The third-order valence-corrected chi connectivity index (χ3v) is 7.24. The van der Waals surface area contributed by atoms with Crippen molar-refractivity contribution in [2.45, 2.75) is 23.7 Å². The third kappa shape index (κ3) is 3.21. The molecule has 0 aliphatic carbocycles. The Morgan fingerprint density at radius 3 is 2.76 bits per heavy atom. The largest absolute Gasteiger partial charge is 0.380 e. The molecule has 2 rings (SSSR count). The van der Waals surface area contributed by atoms with Gasteiger partial charge in [0.15, 0.2) is 4.34 Å². The number of thiophene rings is 1. The van der Waals surface area contributed by atoms with Crippen molar-refractivity contribution < 1.29 is 18.1 Å². The molecule has 1 fully saturated rings. The summed E-state index contributed by atoms with van der Waals surface area (Å²) >= 11 is 6.44. The minimum atomic E-state index is -3.78. The predicted molar refractivity (Wildman–Crippen MR) is 79.3 cm³/mol. The summed E-state index contributed by atoms with van der Waals surface area (Å²) in [6.07, 6.45) is 0.498. The summed E-state index contributed by atoms with van der Waals surface area (Å²) in [5, 5.41) is 10.8. The van der Waals surface area contributed by atoms with Gasteiger partial charge in [0.25, 0.3) is 15.7 Å². The van der Waals surface area contributed by atoms with Gasteiger partial charge in [0.1, 0.15) is 4.21 Å². The molecule has 7 nitrogen and oxygen atoms in total. The fraction of sp³-hybridized carbons (Fsp3) is 0.636. The first-order valence-corrected chi connectivity index (χ1v) is 8.87. The van der Waals surface area contributed by atoms with Gasteiger partial charge < -0.3 is 4.74 Å². The molecule has 1 aliphatic heterocycles. The molecular weight excluding hydrogens is 340 g/mol. The van der Waals surface area contributed by atoms with Gasteiger partial charge >= 0.3 is 0 Å². The Hall–Kier alpha value is -0.740. The normalized spacial score (nSPS) is 24.1. The monoisotopic (exact) mass is 354 g/mol. The first kappa shape index (κ1) is 16.6. The Morgan fingerprint density at radius 2 is 2.24 bits per heavy atom. The zero-order valence-corrected chi connectivity index (χ0v) is 13.9. The molecule has 10 heteroatoms. The van der Waals surface area contributed by atoms with Gasteiger partial charge in [-0.3, -0.25) is 10.1 Å². The number of halogens is 1. The number of nitrogens with zero attached hydrogens (tertiary/aromatic N) is 2. The Bertz CT molecular complexity index is 645. The quantitative estimate of drug-likeness (QED) is 0.611. The van der Waals surface area contributed by atoms with Crippen molar-refractivity contribution in [2.75, 3.05) is 20.2 Å². The molecule has 1 aromatic heterocycles. The van der Waals surface area contributed by atoms with Crippen LogP contribution in [0, 0.1) is 16.0 Å². The van der Waals surface area contributed by atoms with Crippen molar-refractivity contribution in [3.63, 3.8) is 0 Å². The number of sulfonamides is 1. The van der Waals surface area contributed by atoms with Gasteiger partial charge in [-0.05, 0) is 12.3 Å². The lowest BCUT2D eigenvalue weighted by Crippen LogP contribution is -2.46. The highest BCUT2D eigenvalue weighted by atomic mass is 35.5. The summed E-state index contributed by atoms with van der Waals surface area (Å²) < 4.78 is 31.4. The van der Waals surface area contributed by atoms with Crippen molar-refractivity contribution in [1.82, 2.24) is 4.31 Å². The molecule has 2 unspecified atom stereocenters. The lowest BCUT2D eigenvalue weighted by molar-refractivity contribution is -0.384. The summed E-state index contributed by atoms with van der Waals surface area (Å²) in [7, 11) is -2.23. The number of ether oxygens (including phenoxy) is 1. The number of piperidine rings is 1. The van der Waals surface area contributed by atoms with Crippen LogP contribution < -0.4 is 0 Å². The Morgan fingerprint density at radius 1 is 1.57 bits per heavy atom. The molecule has 0 bridgehead atoms. The molecule has 118 valence electrons. The van der Waals surface area contributed by atoms with Crippen LogP contribution in [0.5, 0.6) is 0 Å². The molecule has 0 radical (unpaired) electrons. The molecule has 0 spiro atoms. The maximum absolute atomic E-state index is 12.5. The smallest absolute Gasteiger partial charge is 0.300 e. The maximum atomic E-state index is 12.5. The first-order valence-electron chi connectivity index (χ1n) is 6.24. The molecule has 0 N–H and O–H groups in total. The van der Waals surface area contributed by atoms with Crippen LogP contribution in [-0.4, -0.2) is 43.9 Å². The van der Waals surface area contributed by atoms with E-state index in [1.807, 2.05) is 6.92 Å². The van der Waals surface area contributed by atoms with Crippen molar-refractivity contribution in [2.24, 2.45) is 5.92 Å². The SMILES string of the molecule is COC1CN(S(=O)(=O)c2cc([N+](=O)[O-])c(Cl)s2)CCC1C. The maximum Gasteiger partial charge on any atom is 0.300 e. The average Bonchev–Trinajstić information content (AvgIpc) is 2.82. The van der Waals surface area contributed by atoms with Gasteiger partial charge in [0, 0.05) is 26.3 Å². The second-order valence-electron chi connectivity index (χ2n) is 4.88. The Labute approximate surface area is 131 Å². The van der Waals surface area contributed by atoms with Crippen molar-refractivity contribution >= 4 is 38.6 Å². The number of methoxy groups -OCH3 is 1. The number of hydrogen-bond donors (Lipinski definition) is 0. The van der Waals surface area contributed by atoms with Gasteiger partial charge in [-0.25, -0.2) is 8.42 Å². The summed E-state index contributed by atoms with van der Waals surface area (Å²) in [4.78, 5) is 10.1. The van der Waals surface area contributed by atoms with E-state index in [4.69, 9.17) is 16.3 Å². The van der Waals surface area contributed by atoms with E-state index < -0.39 is 14.9 Å². The lowest BCUT2D eigenvalue weighted by Gasteiger charge is -2.34. The van der Waals surface area contributed by atoms with Crippen LogP contribution >= 0.6 is 22.9 Å². The summed E-state index contributed by atoms with van der Waals surface area (Å²) in [6.45, 7) is 2.61. The zero-order chi connectivity index (χ0) is 15.8. The van der Waals surface area contributed by atoms with Crippen LogP contribution in [0.3, 0.4) is 0 Å². The Balaban J connectivity index is 2.30. The van der Waals surface area contributed by atoms with E-state index in [9.17, 15) is 18.5 Å². The highest BCUT2D eigenvalue weighted by molar-refractivity contribution is 7.91. The van der Waals surface area contributed by atoms with E-state index in [0.717, 1.165) is 6.07 Å². The Kier molecular flexibility index (Phi) is 4.89. The molecule has 0 aromatic carbocycles. The van der Waals surface area contributed by atoms with E-state index in [1.54, 1.807) is 7.11 Å². The minimum absolute atomic E-state index is 0.108. The van der Waals surface area contributed by atoms with Gasteiger partial charge in [-0.15, -0.1) is 11.3 Å². The number of hydrogen-bond acceptors (Lipinski definition) is 6. The van der Waals surface area contributed by atoms with Crippen LogP contribution in [-0.2, 0) is 14.8 Å².